The molecule has 1 aromatic heterocycles. The van der Waals surface area contributed by atoms with Crippen molar-refractivity contribution in [1.29, 1.82) is 0 Å². The first kappa shape index (κ1) is 17.6. The molecular formula is C21H20N2O3. The Morgan fingerprint density at radius 3 is 2.73 bits per heavy atom. The minimum atomic E-state index is -0.207. The lowest BCUT2D eigenvalue weighted by atomic mass is 10.0. The molecule has 3 rings (SSSR count). The maximum atomic E-state index is 12.5. The largest absolute Gasteiger partial charge is 0.496 e. The lowest BCUT2D eigenvalue weighted by Gasteiger charge is -2.10. The number of hydrogen-bond acceptors (Lipinski definition) is 4. The number of nitrogens with zero attached hydrogens (tertiary/aromatic N) is 1. The Morgan fingerprint density at radius 2 is 1.92 bits per heavy atom. The van der Waals surface area contributed by atoms with Gasteiger partial charge in [-0.1, -0.05) is 17.7 Å². The van der Waals surface area contributed by atoms with E-state index in [2.05, 4.69) is 10.3 Å². The third kappa shape index (κ3) is 3.88. The highest BCUT2D eigenvalue weighted by Gasteiger charge is 2.15. The van der Waals surface area contributed by atoms with Crippen molar-refractivity contribution in [2.75, 3.05) is 12.4 Å². The van der Waals surface area contributed by atoms with Gasteiger partial charge in [-0.3, -0.25) is 14.6 Å². The Morgan fingerprint density at radius 1 is 1.08 bits per heavy atom. The van der Waals surface area contributed by atoms with Gasteiger partial charge in [0.15, 0.2) is 5.78 Å². The second-order valence-electron chi connectivity index (χ2n) is 6.05. The highest BCUT2D eigenvalue weighted by Crippen LogP contribution is 2.23. The topological polar surface area (TPSA) is 68.3 Å². The maximum Gasteiger partial charge on any atom is 0.224 e. The molecule has 132 valence electrons. The van der Waals surface area contributed by atoms with E-state index in [1.54, 1.807) is 18.3 Å². The highest BCUT2D eigenvalue weighted by atomic mass is 16.5. The van der Waals surface area contributed by atoms with Crippen LogP contribution in [-0.2, 0) is 4.79 Å². The fourth-order valence-electron chi connectivity index (χ4n) is 2.83. The Bertz CT molecular complexity index is 961. The molecule has 5 heteroatoms. The van der Waals surface area contributed by atoms with E-state index >= 15 is 0 Å². The van der Waals surface area contributed by atoms with Crippen molar-refractivity contribution >= 4 is 28.3 Å². The monoisotopic (exact) mass is 348 g/mol. The first-order valence-electron chi connectivity index (χ1n) is 8.40. The number of ether oxygens (including phenoxy) is 1. The zero-order valence-electron chi connectivity index (χ0n) is 14.8. The molecule has 5 nitrogen and oxygen atoms in total. The molecule has 0 atom stereocenters. The number of fused-ring (bicyclic) bond motifs is 1. The molecular weight excluding hydrogens is 328 g/mol. The molecule has 1 heterocycles. The van der Waals surface area contributed by atoms with Gasteiger partial charge in [-0.25, -0.2) is 0 Å². The number of anilines is 1. The summed E-state index contributed by atoms with van der Waals surface area (Å²) >= 11 is 0. The Balaban J connectivity index is 1.67. The number of hydrogen-bond donors (Lipinski definition) is 1. The van der Waals surface area contributed by atoms with Gasteiger partial charge in [-0.2, -0.15) is 0 Å². The first-order valence-corrected chi connectivity index (χ1v) is 8.40. The summed E-state index contributed by atoms with van der Waals surface area (Å²) in [5, 5.41) is 3.74. The summed E-state index contributed by atoms with van der Waals surface area (Å²) in [6, 6.07) is 14.7. The van der Waals surface area contributed by atoms with Crippen molar-refractivity contribution in [2.24, 2.45) is 0 Å². The second kappa shape index (κ2) is 7.78. The van der Waals surface area contributed by atoms with Crippen LogP contribution in [0.15, 0.2) is 54.7 Å². The molecule has 0 radical (unpaired) electrons. The predicted octanol–water partition coefficient (Wildman–Crippen LogP) is 4.15. The number of carbonyl (C=O) groups excluding carboxylic acids is 2. The third-order valence-electron chi connectivity index (χ3n) is 4.15. The maximum absolute atomic E-state index is 12.5. The summed E-state index contributed by atoms with van der Waals surface area (Å²) in [5.74, 6) is 0.211. The third-order valence-corrected chi connectivity index (χ3v) is 4.15. The van der Waals surface area contributed by atoms with Crippen LogP contribution in [0.3, 0.4) is 0 Å². The number of aromatic nitrogens is 1. The number of ketones is 1. The van der Waals surface area contributed by atoms with E-state index in [4.69, 9.17) is 4.74 Å². The van der Waals surface area contributed by atoms with Crippen LogP contribution >= 0.6 is 0 Å². The molecule has 1 amide bonds. The lowest BCUT2D eigenvalue weighted by Crippen LogP contribution is -2.14. The smallest absolute Gasteiger partial charge is 0.224 e. The van der Waals surface area contributed by atoms with E-state index in [1.165, 1.54) is 7.11 Å². The summed E-state index contributed by atoms with van der Waals surface area (Å²) in [6.07, 6.45) is 1.93. The van der Waals surface area contributed by atoms with Crippen LogP contribution in [0.5, 0.6) is 5.75 Å². The Hall–Kier alpha value is -3.21. The van der Waals surface area contributed by atoms with Crippen molar-refractivity contribution in [3.8, 4) is 5.75 Å². The van der Waals surface area contributed by atoms with E-state index in [1.807, 2.05) is 43.3 Å². The zero-order chi connectivity index (χ0) is 18.5. The molecule has 0 aliphatic heterocycles. The van der Waals surface area contributed by atoms with Crippen LogP contribution in [0.1, 0.15) is 28.8 Å². The fraction of sp³-hybridized carbons (Fsp3) is 0.190. The molecule has 3 aromatic rings. The number of Topliss-reactive ketones (excluding diaryl/α,β-unsaturated/α-hetero) is 1. The van der Waals surface area contributed by atoms with Crippen LogP contribution in [0.4, 0.5) is 5.69 Å². The van der Waals surface area contributed by atoms with Gasteiger partial charge in [0.25, 0.3) is 0 Å². The number of benzene rings is 2. The molecule has 0 saturated carbocycles. The number of carbonyl (C=O) groups is 2. The quantitative estimate of drug-likeness (QED) is 0.679. The van der Waals surface area contributed by atoms with Crippen LogP contribution in [0.25, 0.3) is 10.9 Å². The molecule has 26 heavy (non-hydrogen) atoms. The number of amides is 1. The van der Waals surface area contributed by atoms with Crippen molar-refractivity contribution < 1.29 is 14.3 Å². The molecule has 0 aliphatic carbocycles. The average Bonchev–Trinajstić information content (AvgIpc) is 2.66. The minimum absolute atomic E-state index is 0.104. The van der Waals surface area contributed by atoms with Crippen LogP contribution in [0.2, 0.25) is 0 Å². The second-order valence-corrected chi connectivity index (χ2v) is 6.05. The SMILES string of the molecule is COc1ccc(C)cc1C(=O)CCC(=O)Nc1cccc2ncccc12. The van der Waals surface area contributed by atoms with E-state index in [9.17, 15) is 9.59 Å². The summed E-state index contributed by atoms with van der Waals surface area (Å²) in [6.45, 7) is 1.91. The normalized spacial score (nSPS) is 10.5. The van der Waals surface area contributed by atoms with Crippen LogP contribution in [-0.4, -0.2) is 23.8 Å². The molecule has 2 aromatic carbocycles. The predicted molar refractivity (Wildman–Crippen MR) is 102 cm³/mol. The Kier molecular flexibility index (Phi) is 5.27. The van der Waals surface area contributed by atoms with Gasteiger partial charge < -0.3 is 10.1 Å². The molecule has 0 unspecified atom stereocenters. The summed E-state index contributed by atoms with van der Waals surface area (Å²) in [5.41, 5.74) is 2.99. The number of nitrogens with one attached hydrogen (secondary N) is 1. The molecule has 0 fully saturated rings. The fourth-order valence-corrected chi connectivity index (χ4v) is 2.83. The van der Waals surface area contributed by atoms with E-state index < -0.39 is 0 Å². The van der Waals surface area contributed by atoms with E-state index in [-0.39, 0.29) is 24.5 Å². The molecule has 1 N–H and O–H groups in total. The van der Waals surface area contributed by atoms with Gasteiger partial charge in [0.05, 0.1) is 23.9 Å². The van der Waals surface area contributed by atoms with Gasteiger partial charge in [-0.05, 0) is 43.3 Å². The number of rotatable bonds is 6. The summed E-state index contributed by atoms with van der Waals surface area (Å²) < 4.78 is 5.24. The summed E-state index contributed by atoms with van der Waals surface area (Å²) in [7, 11) is 1.53. The molecule has 0 bridgehead atoms. The van der Waals surface area contributed by atoms with Gasteiger partial charge in [-0.15, -0.1) is 0 Å². The minimum Gasteiger partial charge on any atom is -0.496 e. The molecule has 0 spiro atoms. The lowest BCUT2D eigenvalue weighted by molar-refractivity contribution is -0.116. The van der Waals surface area contributed by atoms with Gasteiger partial charge in [0, 0.05) is 24.4 Å². The number of aryl methyl sites for hydroxylation is 1. The summed E-state index contributed by atoms with van der Waals surface area (Å²) in [4.78, 5) is 29.0. The molecule has 0 saturated heterocycles. The highest BCUT2D eigenvalue weighted by molar-refractivity contribution is 6.04. The molecule has 0 aliphatic rings. The van der Waals surface area contributed by atoms with Gasteiger partial charge in [0.1, 0.15) is 5.75 Å². The van der Waals surface area contributed by atoms with Crippen LogP contribution in [0, 0.1) is 6.92 Å². The standard InChI is InChI=1S/C21H20N2O3/c1-14-8-10-20(26-2)16(13-14)19(24)9-11-21(25)23-18-7-3-6-17-15(18)5-4-12-22-17/h3-8,10,12-13H,9,11H2,1-2H3,(H,23,25). The van der Waals surface area contributed by atoms with Crippen LogP contribution < -0.4 is 10.1 Å². The van der Waals surface area contributed by atoms with Gasteiger partial charge in [0.2, 0.25) is 5.91 Å². The van der Waals surface area contributed by atoms with E-state index in [0.717, 1.165) is 16.5 Å². The van der Waals surface area contributed by atoms with E-state index in [0.29, 0.717) is 17.0 Å². The Labute approximate surface area is 152 Å². The number of methoxy groups -OCH3 is 1. The van der Waals surface area contributed by atoms with Crippen molar-refractivity contribution in [3.05, 3.63) is 65.9 Å². The van der Waals surface area contributed by atoms with Crippen molar-refractivity contribution in [1.82, 2.24) is 4.98 Å². The first-order chi connectivity index (χ1) is 12.6. The number of pyridine rings is 1. The zero-order valence-corrected chi connectivity index (χ0v) is 14.8. The van der Waals surface area contributed by atoms with Crippen molar-refractivity contribution in [2.45, 2.75) is 19.8 Å². The average molecular weight is 348 g/mol. The van der Waals surface area contributed by atoms with Gasteiger partial charge >= 0.3 is 0 Å². The van der Waals surface area contributed by atoms with Crippen molar-refractivity contribution in [3.63, 3.8) is 0 Å².